The van der Waals surface area contributed by atoms with Crippen LogP contribution in [-0.2, 0) is 4.79 Å². The molecule has 2 aliphatic rings. The van der Waals surface area contributed by atoms with Crippen molar-refractivity contribution < 1.29 is 9.59 Å². The molecule has 0 bridgehead atoms. The predicted molar refractivity (Wildman–Crippen MR) is 97.8 cm³/mol. The third kappa shape index (κ3) is 4.18. The number of hydrogen-bond donors (Lipinski definition) is 1. The van der Waals surface area contributed by atoms with E-state index in [-0.39, 0.29) is 11.8 Å². The Morgan fingerprint density at radius 1 is 1.08 bits per heavy atom. The number of fused-ring (bicyclic) bond motifs is 1. The Morgan fingerprint density at radius 2 is 1.79 bits per heavy atom. The van der Waals surface area contributed by atoms with Gasteiger partial charge < -0.3 is 10.2 Å². The molecule has 1 N–H and O–H groups in total. The predicted octanol–water partition coefficient (Wildman–Crippen LogP) is 3.75. The maximum absolute atomic E-state index is 12.6. The molecule has 3 rings (SSSR count). The van der Waals surface area contributed by atoms with Crippen LogP contribution >= 0.6 is 15.9 Å². The van der Waals surface area contributed by atoms with Gasteiger partial charge in [-0.05, 0) is 55.9 Å². The minimum Gasteiger partial charge on any atom is -0.352 e. The summed E-state index contributed by atoms with van der Waals surface area (Å²) in [7, 11) is 0. The number of halogens is 1. The van der Waals surface area contributed by atoms with Crippen LogP contribution < -0.4 is 5.32 Å². The molecular weight excluding hydrogens is 368 g/mol. The van der Waals surface area contributed by atoms with E-state index in [9.17, 15) is 9.59 Å². The fraction of sp³-hybridized carbons (Fsp3) is 0.579. The van der Waals surface area contributed by atoms with E-state index >= 15 is 0 Å². The van der Waals surface area contributed by atoms with Crippen molar-refractivity contribution in [3.8, 4) is 0 Å². The zero-order valence-corrected chi connectivity index (χ0v) is 15.6. The zero-order valence-electron chi connectivity index (χ0n) is 14.0. The van der Waals surface area contributed by atoms with E-state index in [1.807, 2.05) is 12.1 Å². The molecule has 2 atom stereocenters. The van der Waals surface area contributed by atoms with Crippen LogP contribution in [0.1, 0.15) is 55.3 Å². The van der Waals surface area contributed by atoms with Gasteiger partial charge in [-0.25, -0.2) is 0 Å². The molecule has 5 heteroatoms. The van der Waals surface area contributed by atoms with Crippen LogP contribution in [0.25, 0.3) is 0 Å². The van der Waals surface area contributed by atoms with Gasteiger partial charge in [0.1, 0.15) is 0 Å². The van der Waals surface area contributed by atoms with Crippen LogP contribution in [0.15, 0.2) is 28.7 Å². The molecule has 0 radical (unpaired) electrons. The van der Waals surface area contributed by atoms with Crippen LogP contribution in [0.3, 0.4) is 0 Å². The van der Waals surface area contributed by atoms with Crippen molar-refractivity contribution in [1.29, 1.82) is 0 Å². The van der Waals surface area contributed by atoms with Crippen LogP contribution in [0.5, 0.6) is 0 Å². The smallest absolute Gasteiger partial charge is 0.251 e. The van der Waals surface area contributed by atoms with Crippen molar-refractivity contribution in [2.45, 2.75) is 51.0 Å². The summed E-state index contributed by atoms with van der Waals surface area (Å²) in [6, 6.07) is 7.69. The Kier molecular flexibility index (Phi) is 5.93. The Bertz CT molecular complexity index is 586. The summed E-state index contributed by atoms with van der Waals surface area (Å²) in [6.45, 7) is 1.29. The van der Waals surface area contributed by atoms with Crippen LogP contribution in [0.2, 0.25) is 0 Å². The Morgan fingerprint density at radius 3 is 2.58 bits per heavy atom. The van der Waals surface area contributed by atoms with E-state index < -0.39 is 0 Å². The topological polar surface area (TPSA) is 49.4 Å². The van der Waals surface area contributed by atoms with Gasteiger partial charge in [0.15, 0.2) is 0 Å². The first-order valence-electron chi connectivity index (χ1n) is 8.98. The molecule has 0 aromatic heterocycles. The van der Waals surface area contributed by atoms with E-state index in [1.54, 1.807) is 12.1 Å². The maximum atomic E-state index is 12.6. The van der Waals surface area contributed by atoms with Crippen molar-refractivity contribution in [3.05, 3.63) is 34.3 Å². The van der Waals surface area contributed by atoms with Crippen molar-refractivity contribution in [2.24, 2.45) is 5.92 Å². The first-order valence-corrected chi connectivity index (χ1v) is 9.77. The Hall–Kier alpha value is -1.36. The molecule has 130 valence electrons. The summed E-state index contributed by atoms with van der Waals surface area (Å²) in [5, 5.41) is 2.86. The van der Waals surface area contributed by atoms with Crippen molar-refractivity contribution >= 4 is 27.7 Å². The second-order valence-electron chi connectivity index (χ2n) is 6.85. The van der Waals surface area contributed by atoms with Gasteiger partial charge in [-0.2, -0.15) is 0 Å². The summed E-state index contributed by atoms with van der Waals surface area (Å²) in [5.74, 6) is 0.779. The molecule has 4 nitrogen and oxygen atoms in total. The highest BCUT2D eigenvalue weighted by molar-refractivity contribution is 9.10. The summed E-state index contributed by atoms with van der Waals surface area (Å²) in [4.78, 5) is 26.8. The molecule has 1 aromatic rings. The average molecular weight is 393 g/mol. The maximum Gasteiger partial charge on any atom is 0.251 e. The van der Waals surface area contributed by atoms with E-state index in [1.165, 1.54) is 25.7 Å². The minimum atomic E-state index is -0.121. The van der Waals surface area contributed by atoms with Crippen molar-refractivity contribution in [1.82, 2.24) is 10.2 Å². The summed E-state index contributed by atoms with van der Waals surface area (Å²) in [5.41, 5.74) is 0.621. The number of rotatable bonds is 4. The van der Waals surface area contributed by atoms with E-state index in [0.717, 1.165) is 23.9 Å². The van der Waals surface area contributed by atoms with Crippen molar-refractivity contribution in [2.75, 3.05) is 13.1 Å². The van der Waals surface area contributed by atoms with Crippen LogP contribution in [0, 0.1) is 5.92 Å². The third-order valence-electron chi connectivity index (χ3n) is 5.29. The lowest BCUT2D eigenvalue weighted by Crippen LogP contribution is -2.50. The molecule has 2 fully saturated rings. The lowest BCUT2D eigenvalue weighted by atomic mass is 9.78. The van der Waals surface area contributed by atoms with E-state index in [2.05, 4.69) is 26.1 Å². The van der Waals surface area contributed by atoms with E-state index in [4.69, 9.17) is 0 Å². The van der Waals surface area contributed by atoms with Gasteiger partial charge in [-0.3, -0.25) is 9.59 Å². The fourth-order valence-electron chi connectivity index (χ4n) is 4.06. The number of benzene rings is 1. The molecule has 2 unspecified atom stereocenters. The third-order valence-corrected chi connectivity index (χ3v) is 5.82. The molecule has 1 saturated carbocycles. The Labute approximate surface area is 152 Å². The summed E-state index contributed by atoms with van der Waals surface area (Å²) < 4.78 is 0.946. The van der Waals surface area contributed by atoms with Gasteiger partial charge in [-0.1, -0.05) is 28.8 Å². The standard InChI is InChI=1S/C19H25BrN2O2/c20-16-9-7-15(8-10-16)19(24)21-12-11-18(23)22-13-3-5-14-4-1-2-6-17(14)22/h7-10,14,17H,1-6,11-13H2,(H,21,24). The van der Waals surface area contributed by atoms with Crippen LogP contribution in [0.4, 0.5) is 0 Å². The molecule has 1 aromatic carbocycles. The molecule has 24 heavy (non-hydrogen) atoms. The second kappa shape index (κ2) is 8.15. The van der Waals surface area contributed by atoms with Gasteiger partial charge in [0, 0.05) is 35.6 Å². The van der Waals surface area contributed by atoms with Gasteiger partial charge >= 0.3 is 0 Å². The zero-order chi connectivity index (χ0) is 16.9. The largest absolute Gasteiger partial charge is 0.352 e. The number of amides is 2. The number of piperidine rings is 1. The monoisotopic (exact) mass is 392 g/mol. The fourth-order valence-corrected chi connectivity index (χ4v) is 4.33. The molecular formula is C19H25BrN2O2. The lowest BCUT2D eigenvalue weighted by molar-refractivity contribution is -0.137. The molecule has 0 spiro atoms. The van der Waals surface area contributed by atoms with Crippen molar-refractivity contribution in [3.63, 3.8) is 0 Å². The number of carbonyl (C=O) groups excluding carboxylic acids is 2. The van der Waals surface area contributed by atoms with Gasteiger partial charge in [0.05, 0.1) is 0 Å². The normalized spacial score (nSPS) is 23.5. The molecule has 2 amide bonds. The first kappa shape index (κ1) is 17.5. The molecule has 1 heterocycles. The average Bonchev–Trinajstić information content (AvgIpc) is 2.61. The Balaban J connectivity index is 1.48. The summed E-state index contributed by atoms with van der Waals surface area (Å²) in [6.07, 6.45) is 7.77. The van der Waals surface area contributed by atoms with Gasteiger partial charge in [-0.15, -0.1) is 0 Å². The highest BCUT2D eigenvalue weighted by Crippen LogP contribution is 2.35. The minimum absolute atomic E-state index is 0.121. The molecule has 1 aliphatic carbocycles. The number of hydrogen-bond acceptors (Lipinski definition) is 2. The highest BCUT2D eigenvalue weighted by atomic mass is 79.9. The molecule has 1 aliphatic heterocycles. The number of carbonyl (C=O) groups is 2. The van der Waals surface area contributed by atoms with E-state index in [0.29, 0.717) is 30.5 Å². The number of nitrogens with zero attached hydrogens (tertiary/aromatic N) is 1. The second-order valence-corrected chi connectivity index (χ2v) is 7.77. The van der Waals surface area contributed by atoms with Crippen LogP contribution in [-0.4, -0.2) is 35.8 Å². The van der Waals surface area contributed by atoms with Gasteiger partial charge in [0.25, 0.3) is 5.91 Å². The van der Waals surface area contributed by atoms with Gasteiger partial charge in [0.2, 0.25) is 5.91 Å². The lowest BCUT2D eigenvalue weighted by Gasteiger charge is -2.44. The summed E-state index contributed by atoms with van der Waals surface area (Å²) >= 11 is 3.36. The number of likely N-dealkylation sites (tertiary alicyclic amines) is 1. The highest BCUT2D eigenvalue weighted by Gasteiger charge is 2.35. The first-order chi connectivity index (χ1) is 11.6. The SMILES string of the molecule is O=C(NCCC(=O)N1CCCC2CCCCC21)c1ccc(Br)cc1. The molecule has 1 saturated heterocycles. The number of nitrogens with one attached hydrogen (secondary N) is 1. The quantitative estimate of drug-likeness (QED) is 0.847.